The minimum absolute atomic E-state index is 0.983. The summed E-state index contributed by atoms with van der Waals surface area (Å²) in [7, 11) is 0. The highest BCUT2D eigenvalue weighted by Crippen LogP contribution is 1.97. The second-order valence-corrected chi connectivity index (χ2v) is 1.36. The van der Waals surface area contributed by atoms with E-state index in [2.05, 4.69) is 10.9 Å². The number of nitrogens with zero attached hydrogens (tertiary/aromatic N) is 1. The highest BCUT2D eigenvalue weighted by Gasteiger charge is 1.98. The van der Waals surface area contributed by atoms with Gasteiger partial charge in [-0.05, 0) is 6.42 Å². The third kappa shape index (κ3) is 0.718. The second kappa shape index (κ2) is 1.81. The van der Waals surface area contributed by atoms with E-state index in [0.29, 0.717) is 0 Å². The van der Waals surface area contributed by atoms with Gasteiger partial charge in [-0.1, -0.05) is 4.85 Å². The number of rotatable bonds is 0. The normalized spacial score (nSPS) is 18.7. The lowest BCUT2D eigenvalue weighted by Gasteiger charge is -1.81. The van der Waals surface area contributed by atoms with Crippen LogP contribution in [0.2, 0.25) is 0 Å². The smallest absolute Gasteiger partial charge is 0.0834 e. The van der Waals surface area contributed by atoms with Crippen molar-refractivity contribution in [2.45, 2.75) is 12.8 Å². The zero-order valence-electron chi connectivity index (χ0n) is 3.65. The molecule has 1 rings (SSSR count). The van der Waals surface area contributed by atoms with Crippen LogP contribution in [-0.4, -0.2) is 6.54 Å². The quantitative estimate of drug-likeness (QED) is 0.414. The van der Waals surface area contributed by atoms with Crippen molar-refractivity contribution in [1.29, 1.82) is 0 Å². The molecule has 0 aromatic carbocycles. The van der Waals surface area contributed by atoms with Gasteiger partial charge in [0.25, 0.3) is 12.6 Å². The summed E-state index contributed by atoms with van der Waals surface area (Å²) in [5, 5.41) is 0. The largest absolute Gasteiger partial charge is 0.277 e. The fourth-order valence-electron chi connectivity index (χ4n) is 0.466. The van der Waals surface area contributed by atoms with Crippen LogP contribution in [0.4, 0.5) is 0 Å². The van der Waals surface area contributed by atoms with Crippen LogP contribution in [0.25, 0.3) is 4.85 Å². The molecule has 0 bridgehead atoms. The van der Waals surface area contributed by atoms with Crippen molar-refractivity contribution in [3.05, 3.63) is 11.3 Å². The molecule has 0 fully saturated rings. The molecule has 0 aromatic heterocycles. The lowest BCUT2D eigenvalue weighted by atomic mass is 10.2. The van der Waals surface area contributed by atoms with Crippen molar-refractivity contribution in [2.24, 2.45) is 0 Å². The number of hydrogen-bond acceptors (Lipinski definition) is 0. The van der Waals surface area contributed by atoms with Crippen molar-refractivity contribution in [2.75, 3.05) is 6.54 Å². The molecular weight excluding hydrogens is 74.1 g/mol. The van der Waals surface area contributed by atoms with Gasteiger partial charge in [-0.25, -0.2) is 0 Å². The van der Waals surface area contributed by atoms with Crippen LogP contribution in [0.15, 0.2) is 0 Å². The Hall–Kier alpha value is -0.510. The van der Waals surface area contributed by atoms with Gasteiger partial charge >= 0.3 is 0 Å². The standard InChI is InChI=1S/C5H7N/c1-2-4-6-5-3-1/h2H,1,3,5H2/q+1. The minimum atomic E-state index is 0.983. The highest BCUT2D eigenvalue weighted by atomic mass is 14.6. The van der Waals surface area contributed by atoms with Crippen LogP contribution in [-0.2, 0) is 0 Å². The Labute approximate surface area is 37.8 Å². The Kier molecular flexibility index (Phi) is 1.11. The van der Waals surface area contributed by atoms with E-state index in [9.17, 15) is 0 Å². The second-order valence-electron chi connectivity index (χ2n) is 1.36. The van der Waals surface area contributed by atoms with Gasteiger partial charge in [0.15, 0.2) is 0 Å². The molecule has 1 aliphatic rings. The predicted octanol–water partition coefficient (Wildman–Crippen LogP) is 1.32. The molecule has 6 heavy (non-hydrogen) atoms. The van der Waals surface area contributed by atoms with Gasteiger partial charge in [-0.2, -0.15) is 0 Å². The summed E-state index contributed by atoms with van der Waals surface area (Å²) < 4.78 is 0. The van der Waals surface area contributed by atoms with E-state index < -0.39 is 0 Å². The maximum atomic E-state index is 3.87. The Morgan fingerprint density at radius 1 is 1.67 bits per heavy atom. The van der Waals surface area contributed by atoms with Crippen molar-refractivity contribution >= 4 is 0 Å². The molecule has 1 heterocycles. The average molecular weight is 81.1 g/mol. The lowest BCUT2D eigenvalue weighted by molar-refractivity contribution is 0.879. The summed E-state index contributed by atoms with van der Waals surface area (Å²) >= 11 is 0. The predicted molar refractivity (Wildman–Crippen MR) is 25.6 cm³/mol. The zero-order chi connectivity index (χ0) is 4.24. The van der Waals surface area contributed by atoms with E-state index in [4.69, 9.17) is 0 Å². The Morgan fingerprint density at radius 3 is 2.83 bits per heavy atom. The monoisotopic (exact) mass is 81.1 g/mol. The summed E-state index contributed by atoms with van der Waals surface area (Å²) in [5.41, 5.74) is 0. The first-order valence-electron chi connectivity index (χ1n) is 2.24. The molecule has 1 nitrogen and oxygen atoms in total. The molecule has 0 atom stereocenters. The van der Waals surface area contributed by atoms with E-state index in [-0.39, 0.29) is 0 Å². The van der Waals surface area contributed by atoms with Crippen LogP contribution in [0.5, 0.6) is 0 Å². The Bertz CT molecular complexity index is 75.8. The van der Waals surface area contributed by atoms with Gasteiger partial charge in [0.05, 0.1) is 0 Å². The fourth-order valence-corrected chi connectivity index (χ4v) is 0.466. The maximum absolute atomic E-state index is 3.87. The van der Waals surface area contributed by atoms with Crippen LogP contribution < -0.4 is 0 Å². The van der Waals surface area contributed by atoms with Gasteiger partial charge in [0.2, 0.25) is 0 Å². The first kappa shape index (κ1) is 3.67. The number of hydrogen-bond donors (Lipinski definition) is 0. The summed E-state index contributed by atoms with van der Waals surface area (Å²) in [6.07, 6.45) is 4.36. The summed E-state index contributed by atoms with van der Waals surface area (Å²) in [5.74, 6) is 0. The van der Waals surface area contributed by atoms with E-state index in [1.165, 1.54) is 12.8 Å². The fraction of sp³-hybridized carbons (Fsp3) is 0.600. The molecule has 1 radical (unpaired) electrons. The molecule has 0 saturated heterocycles. The topological polar surface area (TPSA) is 4.36 Å². The van der Waals surface area contributed by atoms with Gasteiger partial charge < -0.3 is 0 Å². The molecule has 0 unspecified atom stereocenters. The first-order valence-corrected chi connectivity index (χ1v) is 2.24. The van der Waals surface area contributed by atoms with Crippen molar-refractivity contribution in [3.63, 3.8) is 0 Å². The molecular formula is C5H7N+. The van der Waals surface area contributed by atoms with Crippen LogP contribution in [0.1, 0.15) is 12.8 Å². The summed E-state index contributed by atoms with van der Waals surface area (Å²) in [6.45, 7) is 0.983. The van der Waals surface area contributed by atoms with Crippen LogP contribution >= 0.6 is 0 Å². The van der Waals surface area contributed by atoms with Crippen molar-refractivity contribution in [1.82, 2.24) is 0 Å². The van der Waals surface area contributed by atoms with E-state index in [1.807, 2.05) is 6.42 Å². The van der Waals surface area contributed by atoms with E-state index >= 15 is 0 Å². The molecule has 31 valence electrons. The lowest BCUT2D eigenvalue weighted by Crippen LogP contribution is -1.82. The molecule has 1 heteroatoms. The van der Waals surface area contributed by atoms with Gasteiger partial charge in [0.1, 0.15) is 6.42 Å². The molecule has 1 aliphatic heterocycles. The molecule has 0 amide bonds. The summed E-state index contributed by atoms with van der Waals surface area (Å²) in [6, 6.07) is 2.78. The van der Waals surface area contributed by atoms with Crippen LogP contribution in [0.3, 0.4) is 0 Å². The SMILES string of the molecule is C1#[N+]CCC[CH]1. The third-order valence-electron chi connectivity index (χ3n) is 0.801. The molecule has 0 aliphatic carbocycles. The first-order chi connectivity index (χ1) is 3.00. The molecule has 0 spiro atoms. The molecule has 0 N–H and O–H groups in total. The van der Waals surface area contributed by atoms with E-state index in [1.54, 1.807) is 0 Å². The van der Waals surface area contributed by atoms with Gasteiger partial charge in [-0.15, -0.1) is 0 Å². The molecule has 0 aromatic rings. The Balaban J connectivity index is 2.36. The van der Waals surface area contributed by atoms with Gasteiger partial charge in [-0.3, -0.25) is 0 Å². The van der Waals surface area contributed by atoms with E-state index in [0.717, 1.165) is 6.54 Å². The average Bonchev–Trinajstić information content (AvgIpc) is 1.72. The third-order valence-corrected chi connectivity index (χ3v) is 0.801. The zero-order valence-corrected chi connectivity index (χ0v) is 3.65. The minimum Gasteiger partial charge on any atom is -0.0834 e. The maximum Gasteiger partial charge on any atom is 0.277 e. The Morgan fingerprint density at radius 2 is 2.67 bits per heavy atom. The van der Waals surface area contributed by atoms with Crippen molar-refractivity contribution in [3.8, 4) is 6.07 Å². The van der Waals surface area contributed by atoms with Crippen molar-refractivity contribution < 1.29 is 0 Å². The van der Waals surface area contributed by atoms with Gasteiger partial charge in [0, 0.05) is 6.42 Å². The molecule has 0 saturated carbocycles. The summed E-state index contributed by atoms with van der Waals surface area (Å²) in [4.78, 5) is 3.87. The highest BCUT2D eigenvalue weighted by molar-refractivity contribution is 5.04. The van der Waals surface area contributed by atoms with Crippen LogP contribution in [0, 0.1) is 12.5 Å².